The van der Waals surface area contributed by atoms with E-state index in [2.05, 4.69) is 5.32 Å². The maximum atomic E-state index is 12.6. The Balaban J connectivity index is 1.71. The number of benzene rings is 2. The van der Waals surface area contributed by atoms with Crippen LogP contribution >= 0.6 is 0 Å². The van der Waals surface area contributed by atoms with E-state index in [1.54, 1.807) is 19.1 Å². The summed E-state index contributed by atoms with van der Waals surface area (Å²) in [5.74, 6) is -0.813. The van der Waals surface area contributed by atoms with Gasteiger partial charge in [-0.2, -0.15) is 0 Å². The lowest BCUT2D eigenvalue weighted by molar-refractivity contribution is -0.130. The van der Waals surface area contributed by atoms with Gasteiger partial charge < -0.3 is 19.5 Å². The van der Waals surface area contributed by atoms with Crippen molar-refractivity contribution in [2.75, 3.05) is 25.6 Å². The summed E-state index contributed by atoms with van der Waals surface area (Å²) in [4.78, 5) is 24.7. The average molecular weight is 371 g/mol. The second-order valence-electron chi connectivity index (χ2n) is 6.69. The maximum absolute atomic E-state index is 12.6. The Kier molecular flexibility index (Phi) is 6.42. The summed E-state index contributed by atoms with van der Waals surface area (Å²) >= 11 is 0. The number of ether oxygens (including phenoxy) is 3. The van der Waals surface area contributed by atoms with Crippen LogP contribution in [-0.2, 0) is 19.0 Å². The van der Waals surface area contributed by atoms with E-state index in [-0.39, 0.29) is 12.0 Å². The highest BCUT2D eigenvalue weighted by Gasteiger charge is 2.21. The third-order valence-corrected chi connectivity index (χ3v) is 4.72. The first-order valence-corrected chi connectivity index (χ1v) is 9.23. The smallest absolute Gasteiger partial charge is 0.339 e. The van der Waals surface area contributed by atoms with Crippen molar-refractivity contribution in [2.45, 2.75) is 38.4 Å². The molecule has 1 amide bonds. The molecule has 2 atom stereocenters. The van der Waals surface area contributed by atoms with E-state index in [1.165, 1.54) is 7.11 Å². The van der Waals surface area contributed by atoms with Gasteiger partial charge in [0.1, 0.15) is 6.10 Å². The Hall–Kier alpha value is -2.44. The molecule has 0 aromatic heterocycles. The van der Waals surface area contributed by atoms with Crippen molar-refractivity contribution in [3.05, 3.63) is 42.0 Å². The number of nitrogens with one attached hydrogen (secondary N) is 1. The zero-order valence-electron chi connectivity index (χ0n) is 15.7. The van der Waals surface area contributed by atoms with Crippen LogP contribution in [0.15, 0.2) is 36.4 Å². The SMILES string of the molecule is COC(=O)c1cc2ccccc2cc1NC(=O)C(C)OCC1CCCCO1. The first-order chi connectivity index (χ1) is 13.1. The van der Waals surface area contributed by atoms with Gasteiger partial charge in [0.2, 0.25) is 0 Å². The predicted molar refractivity (Wildman–Crippen MR) is 103 cm³/mol. The molecule has 0 aliphatic carbocycles. The van der Waals surface area contributed by atoms with E-state index < -0.39 is 12.1 Å². The minimum Gasteiger partial charge on any atom is -0.465 e. The van der Waals surface area contributed by atoms with Crippen LogP contribution in [0.25, 0.3) is 10.8 Å². The molecular weight excluding hydrogens is 346 g/mol. The van der Waals surface area contributed by atoms with Gasteiger partial charge in [-0.05, 0) is 49.1 Å². The number of fused-ring (bicyclic) bond motifs is 1. The van der Waals surface area contributed by atoms with Crippen LogP contribution in [0.4, 0.5) is 5.69 Å². The zero-order chi connectivity index (χ0) is 19.2. The second-order valence-corrected chi connectivity index (χ2v) is 6.69. The molecule has 6 nitrogen and oxygen atoms in total. The number of methoxy groups -OCH3 is 1. The first-order valence-electron chi connectivity index (χ1n) is 9.23. The summed E-state index contributed by atoms with van der Waals surface area (Å²) in [5.41, 5.74) is 0.724. The number of carbonyl (C=O) groups excluding carboxylic acids is 2. The number of hydrogen-bond acceptors (Lipinski definition) is 5. The fourth-order valence-corrected chi connectivity index (χ4v) is 3.12. The van der Waals surface area contributed by atoms with Gasteiger partial charge in [0, 0.05) is 6.61 Å². The molecule has 3 rings (SSSR count). The molecule has 1 aliphatic rings. The third kappa shape index (κ3) is 4.84. The Labute approximate surface area is 158 Å². The highest BCUT2D eigenvalue weighted by atomic mass is 16.5. The fourth-order valence-electron chi connectivity index (χ4n) is 3.12. The van der Waals surface area contributed by atoms with Crippen LogP contribution in [0.5, 0.6) is 0 Å². The van der Waals surface area contributed by atoms with Gasteiger partial charge in [-0.25, -0.2) is 4.79 Å². The van der Waals surface area contributed by atoms with Gasteiger partial charge in [0.15, 0.2) is 0 Å². The molecule has 2 aromatic carbocycles. The van der Waals surface area contributed by atoms with E-state index in [0.717, 1.165) is 36.6 Å². The number of rotatable bonds is 6. The molecular formula is C21H25NO5. The van der Waals surface area contributed by atoms with E-state index in [4.69, 9.17) is 14.2 Å². The Morgan fingerprint density at radius 3 is 2.63 bits per heavy atom. The summed E-state index contributed by atoms with van der Waals surface area (Å²) in [5, 5.41) is 4.62. The minimum atomic E-state index is -0.660. The largest absolute Gasteiger partial charge is 0.465 e. The average Bonchev–Trinajstić information content (AvgIpc) is 2.71. The van der Waals surface area contributed by atoms with Crippen molar-refractivity contribution in [1.82, 2.24) is 0 Å². The molecule has 0 radical (unpaired) electrons. The van der Waals surface area contributed by atoms with Gasteiger partial charge in [-0.1, -0.05) is 24.3 Å². The number of carbonyl (C=O) groups is 2. The van der Waals surface area contributed by atoms with Crippen LogP contribution in [0.2, 0.25) is 0 Å². The summed E-state index contributed by atoms with van der Waals surface area (Å²) < 4.78 is 16.2. The van der Waals surface area contributed by atoms with Crippen LogP contribution in [0.3, 0.4) is 0 Å². The second kappa shape index (κ2) is 8.97. The van der Waals surface area contributed by atoms with Crippen molar-refractivity contribution in [3.8, 4) is 0 Å². The van der Waals surface area contributed by atoms with Gasteiger partial charge >= 0.3 is 5.97 Å². The summed E-state index contributed by atoms with van der Waals surface area (Å²) in [6.45, 7) is 2.82. The molecule has 27 heavy (non-hydrogen) atoms. The molecule has 1 heterocycles. The lowest BCUT2D eigenvalue weighted by atomic mass is 10.0. The number of hydrogen-bond donors (Lipinski definition) is 1. The molecule has 2 aromatic rings. The van der Waals surface area contributed by atoms with E-state index in [1.807, 2.05) is 24.3 Å². The topological polar surface area (TPSA) is 73.9 Å². The lowest BCUT2D eigenvalue weighted by Gasteiger charge is -2.24. The van der Waals surface area contributed by atoms with Crippen molar-refractivity contribution < 1.29 is 23.8 Å². The maximum Gasteiger partial charge on any atom is 0.339 e. The van der Waals surface area contributed by atoms with E-state index in [9.17, 15) is 9.59 Å². The standard InChI is InChI=1S/C21H25NO5/c1-14(27-13-17-9-5-6-10-26-17)20(23)22-19-12-16-8-4-3-7-15(16)11-18(19)21(24)25-2/h3-4,7-8,11-12,14,17H,5-6,9-10,13H2,1-2H3,(H,22,23). The predicted octanol–water partition coefficient (Wildman–Crippen LogP) is 3.54. The van der Waals surface area contributed by atoms with Gasteiger partial charge in [-0.3, -0.25) is 4.79 Å². The highest BCUT2D eigenvalue weighted by molar-refractivity contribution is 6.06. The van der Waals surface area contributed by atoms with Crippen LogP contribution in [-0.4, -0.2) is 44.4 Å². The zero-order valence-corrected chi connectivity index (χ0v) is 15.7. The van der Waals surface area contributed by atoms with Crippen LogP contribution < -0.4 is 5.32 Å². The van der Waals surface area contributed by atoms with Gasteiger partial charge in [-0.15, -0.1) is 0 Å². The summed E-state index contributed by atoms with van der Waals surface area (Å²) in [6.07, 6.45) is 2.53. The molecule has 6 heteroatoms. The quantitative estimate of drug-likeness (QED) is 0.786. The van der Waals surface area contributed by atoms with Crippen LogP contribution in [0, 0.1) is 0 Å². The van der Waals surface area contributed by atoms with Crippen molar-refractivity contribution >= 4 is 28.3 Å². The Bertz CT molecular complexity index is 813. The summed E-state index contributed by atoms with van der Waals surface area (Å²) in [7, 11) is 1.32. The molecule has 1 saturated heterocycles. The number of anilines is 1. The van der Waals surface area contributed by atoms with Gasteiger partial charge in [0.05, 0.1) is 31.1 Å². The molecule has 1 fully saturated rings. The van der Waals surface area contributed by atoms with Crippen LogP contribution in [0.1, 0.15) is 36.5 Å². The van der Waals surface area contributed by atoms with Crippen molar-refractivity contribution in [2.24, 2.45) is 0 Å². The van der Waals surface area contributed by atoms with Crippen molar-refractivity contribution in [3.63, 3.8) is 0 Å². The number of esters is 1. The van der Waals surface area contributed by atoms with Gasteiger partial charge in [0.25, 0.3) is 5.91 Å². The first kappa shape index (κ1) is 19.3. The molecule has 0 saturated carbocycles. The molecule has 144 valence electrons. The molecule has 1 N–H and O–H groups in total. The molecule has 0 bridgehead atoms. The fraction of sp³-hybridized carbons (Fsp3) is 0.429. The molecule has 0 spiro atoms. The summed E-state index contributed by atoms with van der Waals surface area (Å²) in [6, 6.07) is 11.1. The Morgan fingerprint density at radius 2 is 1.96 bits per heavy atom. The monoisotopic (exact) mass is 371 g/mol. The number of amides is 1. The minimum absolute atomic E-state index is 0.0419. The van der Waals surface area contributed by atoms with E-state index in [0.29, 0.717) is 17.9 Å². The molecule has 1 aliphatic heterocycles. The normalized spacial score (nSPS) is 18.1. The van der Waals surface area contributed by atoms with Crippen molar-refractivity contribution in [1.29, 1.82) is 0 Å². The third-order valence-electron chi connectivity index (χ3n) is 4.72. The lowest BCUT2D eigenvalue weighted by Crippen LogP contribution is -2.33. The highest BCUT2D eigenvalue weighted by Crippen LogP contribution is 2.25. The van der Waals surface area contributed by atoms with E-state index >= 15 is 0 Å². The molecule has 2 unspecified atom stereocenters. The Morgan fingerprint density at radius 1 is 1.22 bits per heavy atom.